The predicted molar refractivity (Wildman–Crippen MR) is 60.8 cm³/mol. The molecule has 1 aromatic rings. The van der Waals surface area contributed by atoms with Crippen LogP contribution in [-0.4, -0.2) is 28.5 Å². The third kappa shape index (κ3) is 4.80. The van der Waals surface area contributed by atoms with Gasteiger partial charge in [-0.15, -0.1) is 10.2 Å². The number of carbonyl (C=O) groups is 1. The molecule has 1 aromatic heterocycles. The molecule has 0 atom stereocenters. The van der Waals surface area contributed by atoms with E-state index in [2.05, 4.69) is 10.2 Å². The average molecular weight is 245 g/mol. The molecule has 1 rings (SSSR count). The molecule has 0 saturated heterocycles. The van der Waals surface area contributed by atoms with Crippen molar-refractivity contribution in [2.45, 2.75) is 11.3 Å². The highest BCUT2D eigenvalue weighted by Gasteiger charge is 1.99. The molecule has 0 unspecified atom stereocenters. The number of rotatable bonds is 5. The lowest BCUT2D eigenvalue weighted by molar-refractivity contribution is -0.137. The van der Waals surface area contributed by atoms with Gasteiger partial charge in [0.15, 0.2) is 4.34 Å². The van der Waals surface area contributed by atoms with Gasteiger partial charge in [-0.1, -0.05) is 29.2 Å². The minimum absolute atomic E-state index is 0.324. The summed E-state index contributed by atoms with van der Waals surface area (Å²) in [7, 11) is 0. The smallest absolute Gasteiger partial charge is 0.330 e. The zero-order valence-electron chi connectivity index (χ0n) is 8.17. The Kier molecular flexibility index (Phi) is 5.13. The first kappa shape index (κ1) is 12.0. The summed E-state index contributed by atoms with van der Waals surface area (Å²) in [6.45, 7) is 2.16. The number of aromatic nitrogens is 2. The van der Waals surface area contributed by atoms with Gasteiger partial charge >= 0.3 is 5.97 Å². The predicted octanol–water partition coefficient (Wildman–Crippen LogP) is 1.33. The normalized spacial score (nSPS) is 10.7. The zero-order valence-corrected chi connectivity index (χ0v) is 9.81. The van der Waals surface area contributed by atoms with Crippen LogP contribution in [0.3, 0.4) is 0 Å². The van der Waals surface area contributed by atoms with Crippen LogP contribution in [0.5, 0.6) is 0 Å². The molecule has 82 valence electrons. The van der Waals surface area contributed by atoms with Gasteiger partial charge in [-0.3, -0.25) is 0 Å². The number of carbonyl (C=O) groups excluding carboxylic acids is 1. The highest BCUT2D eigenvalue weighted by Crippen LogP contribution is 2.23. The van der Waals surface area contributed by atoms with Crippen molar-refractivity contribution in [2.75, 3.05) is 18.1 Å². The maximum absolute atomic E-state index is 10.9. The Morgan fingerprint density at radius 3 is 3.07 bits per heavy atom. The van der Waals surface area contributed by atoms with Crippen LogP contribution in [0.1, 0.15) is 6.92 Å². The number of nitrogens with two attached hydrogens (primary N) is 1. The molecule has 0 aromatic carbocycles. The average Bonchev–Trinajstić information content (AvgIpc) is 2.60. The molecule has 0 aliphatic carbocycles. The second-order valence-corrected chi connectivity index (χ2v) is 4.65. The Morgan fingerprint density at radius 2 is 2.47 bits per heavy atom. The van der Waals surface area contributed by atoms with E-state index < -0.39 is 0 Å². The van der Waals surface area contributed by atoms with Crippen molar-refractivity contribution >= 4 is 34.2 Å². The first-order valence-electron chi connectivity index (χ1n) is 4.27. The molecule has 0 amide bonds. The summed E-state index contributed by atoms with van der Waals surface area (Å²) in [5.74, 6) is 0.322. The molecule has 0 radical (unpaired) electrons. The zero-order chi connectivity index (χ0) is 11.1. The molecule has 0 spiro atoms. The Labute approximate surface area is 95.7 Å². The minimum Gasteiger partial charge on any atom is -0.463 e. The molecule has 0 saturated carbocycles. The number of hydrogen-bond donors (Lipinski definition) is 1. The van der Waals surface area contributed by atoms with Gasteiger partial charge in [0.25, 0.3) is 0 Å². The van der Waals surface area contributed by atoms with Gasteiger partial charge in [0.2, 0.25) is 5.13 Å². The fourth-order valence-electron chi connectivity index (χ4n) is 0.733. The molecule has 1 heterocycles. The van der Waals surface area contributed by atoms with Gasteiger partial charge in [0, 0.05) is 11.8 Å². The summed E-state index contributed by atoms with van der Waals surface area (Å²) in [6.07, 6.45) is 3.13. The summed E-state index contributed by atoms with van der Waals surface area (Å²) in [6, 6.07) is 0. The first-order valence-corrected chi connectivity index (χ1v) is 6.07. The fraction of sp³-hybridized carbons (Fsp3) is 0.375. The lowest BCUT2D eigenvalue weighted by Gasteiger charge is -1.93. The largest absolute Gasteiger partial charge is 0.463 e. The topological polar surface area (TPSA) is 78.1 Å². The molecule has 7 heteroatoms. The number of anilines is 1. The van der Waals surface area contributed by atoms with E-state index in [1.807, 2.05) is 0 Å². The SMILES string of the molecule is CCOC(=O)/C=C/CSc1nnc(N)s1. The lowest BCUT2D eigenvalue weighted by atomic mass is 10.5. The van der Waals surface area contributed by atoms with E-state index in [1.165, 1.54) is 29.2 Å². The second kappa shape index (κ2) is 6.41. The Morgan fingerprint density at radius 1 is 1.67 bits per heavy atom. The van der Waals surface area contributed by atoms with E-state index in [0.29, 0.717) is 17.5 Å². The minimum atomic E-state index is -0.324. The van der Waals surface area contributed by atoms with Crippen LogP contribution in [0.2, 0.25) is 0 Å². The number of ether oxygens (including phenoxy) is 1. The van der Waals surface area contributed by atoms with Crippen LogP contribution >= 0.6 is 23.1 Å². The van der Waals surface area contributed by atoms with Crippen molar-refractivity contribution < 1.29 is 9.53 Å². The van der Waals surface area contributed by atoms with Crippen molar-refractivity contribution in [1.82, 2.24) is 10.2 Å². The Bertz CT molecular complexity index is 351. The summed E-state index contributed by atoms with van der Waals surface area (Å²) in [5.41, 5.74) is 5.41. The van der Waals surface area contributed by atoms with Crippen molar-refractivity contribution in [3.05, 3.63) is 12.2 Å². The van der Waals surface area contributed by atoms with Gasteiger partial charge < -0.3 is 10.5 Å². The molecular formula is C8H11N3O2S2. The molecular weight excluding hydrogens is 234 g/mol. The van der Waals surface area contributed by atoms with Crippen LogP contribution < -0.4 is 5.73 Å². The summed E-state index contributed by atoms with van der Waals surface area (Å²) < 4.78 is 5.51. The highest BCUT2D eigenvalue weighted by molar-refractivity contribution is 8.01. The number of nitrogen functional groups attached to an aromatic ring is 1. The van der Waals surface area contributed by atoms with E-state index in [4.69, 9.17) is 10.5 Å². The second-order valence-electron chi connectivity index (χ2n) is 2.37. The van der Waals surface area contributed by atoms with Gasteiger partial charge in [-0.2, -0.15) is 0 Å². The maximum Gasteiger partial charge on any atom is 0.330 e. The van der Waals surface area contributed by atoms with Crippen LogP contribution in [0.15, 0.2) is 16.5 Å². The third-order valence-electron chi connectivity index (χ3n) is 1.27. The van der Waals surface area contributed by atoms with Crippen molar-refractivity contribution in [3.63, 3.8) is 0 Å². The van der Waals surface area contributed by atoms with Gasteiger partial charge in [-0.25, -0.2) is 4.79 Å². The van der Waals surface area contributed by atoms with Crippen LogP contribution in [0, 0.1) is 0 Å². The molecule has 0 aliphatic heterocycles. The molecule has 2 N–H and O–H groups in total. The van der Waals surface area contributed by atoms with Crippen LogP contribution in [-0.2, 0) is 9.53 Å². The van der Waals surface area contributed by atoms with E-state index in [0.717, 1.165) is 4.34 Å². The summed E-state index contributed by atoms with van der Waals surface area (Å²) >= 11 is 2.80. The Balaban J connectivity index is 2.24. The third-order valence-corrected chi connectivity index (χ3v) is 3.10. The van der Waals surface area contributed by atoms with Crippen molar-refractivity contribution in [2.24, 2.45) is 0 Å². The van der Waals surface area contributed by atoms with Crippen molar-refractivity contribution in [1.29, 1.82) is 0 Å². The summed E-state index contributed by atoms with van der Waals surface area (Å²) in [4.78, 5) is 10.9. The molecule has 5 nitrogen and oxygen atoms in total. The number of nitrogens with zero attached hydrogens (tertiary/aromatic N) is 2. The van der Waals surface area contributed by atoms with Crippen LogP contribution in [0.4, 0.5) is 5.13 Å². The molecule has 15 heavy (non-hydrogen) atoms. The van der Waals surface area contributed by atoms with Gasteiger partial charge in [-0.05, 0) is 6.92 Å². The fourth-order valence-corrected chi connectivity index (χ4v) is 2.20. The van der Waals surface area contributed by atoms with E-state index in [1.54, 1.807) is 13.0 Å². The monoisotopic (exact) mass is 245 g/mol. The lowest BCUT2D eigenvalue weighted by Crippen LogP contribution is -1.98. The Hall–Kier alpha value is -1.08. The molecule has 0 fully saturated rings. The molecule has 0 bridgehead atoms. The van der Waals surface area contributed by atoms with E-state index in [-0.39, 0.29) is 5.97 Å². The quantitative estimate of drug-likeness (QED) is 0.479. The van der Waals surface area contributed by atoms with Gasteiger partial charge in [0.1, 0.15) is 0 Å². The maximum atomic E-state index is 10.9. The van der Waals surface area contributed by atoms with E-state index in [9.17, 15) is 4.79 Å². The highest BCUT2D eigenvalue weighted by atomic mass is 32.2. The molecule has 0 aliphatic rings. The standard InChI is InChI=1S/C8H11N3O2S2/c1-2-13-6(12)4-3-5-14-8-11-10-7(9)15-8/h3-4H,2,5H2,1H3,(H2,9,10)/b4-3+. The number of hydrogen-bond acceptors (Lipinski definition) is 7. The van der Waals surface area contributed by atoms with Gasteiger partial charge in [0.05, 0.1) is 6.61 Å². The summed E-state index contributed by atoms with van der Waals surface area (Å²) in [5, 5.41) is 7.95. The van der Waals surface area contributed by atoms with E-state index >= 15 is 0 Å². The number of esters is 1. The number of thioether (sulfide) groups is 1. The first-order chi connectivity index (χ1) is 7.22. The van der Waals surface area contributed by atoms with Crippen molar-refractivity contribution in [3.8, 4) is 0 Å². The van der Waals surface area contributed by atoms with Crippen LogP contribution in [0.25, 0.3) is 0 Å².